The van der Waals surface area contributed by atoms with Crippen molar-refractivity contribution in [2.45, 2.75) is 57.1 Å². The van der Waals surface area contributed by atoms with Crippen molar-refractivity contribution in [2.75, 3.05) is 31.6 Å². The molecule has 3 rings (SSSR count). The number of carbonyl (C=O) groups is 1. The SMILES string of the molecule is C/C(=C/CCCBr)CNCC(O)C(Cc1ccccc1)NC(=O)OC1COC2OCCC12. The Bertz CT molecular complexity index is 732. The van der Waals surface area contributed by atoms with Crippen molar-refractivity contribution in [3.05, 3.63) is 47.5 Å². The minimum Gasteiger partial charge on any atom is -0.443 e. The molecular weight excluding hydrogens is 476 g/mol. The van der Waals surface area contributed by atoms with E-state index in [1.807, 2.05) is 30.3 Å². The Morgan fingerprint density at radius 1 is 1.34 bits per heavy atom. The summed E-state index contributed by atoms with van der Waals surface area (Å²) in [6.45, 7) is 4.11. The van der Waals surface area contributed by atoms with Crippen LogP contribution in [0.2, 0.25) is 0 Å². The third kappa shape index (κ3) is 7.85. The van der Waals surface area contributed by atoms with Crippen LogP contribution in [0.25, 0.3) is 0 Å². The maximum absolute atomic E-state index is 12.6. The minimum atomic E-state index is -0.763. The molecule has 2 fully saturated rings. The Morgan fingerprint density at radius 2 is 2.16 bits per heavy atom. The standard InChI is InChI=1S/C24H35BrN2O5/c1-17(7-5-6-11-25)14-26-15-21(28)20(13-18-8-3-2-4-9-18)27-24(29)32-22-16-31-23-19(22)10-12-30-23/h2-4,7-9,19-23,26,28H,5-6,10-16H2,1H3,(H,27,29)/b17-7-. The molecule has 1 aromatic rings. The summed E-state index contributed by atoms with van der Waals surface area (Å²) in [4.78, 5) is 12.6. The first-order valence-electron chi connectivity index (χ1n) is 11.4. The van der Waals surface area contributed by atoms with Crippen molar-refractivity contribution in [1.82, 2.24) is 10.6 Å². The molecule has 0 bridgehead atoms. The number of allylic oxidation sites excluding steroid dienone is 1. The first-order chi connectivity index (χ1) is 15.6. The van der Waals surface area contributed by atoms with Gasteiger partial charge in [-0.1, -0.05) is 57.9 Å². The number of aliphatic hydroxyl groups is 1. The molecule has 5 unspecified atom stereocenters. The van der Waals surface area contributed by atoms with Gasteiger partial charge in [-0.2, -0.15) is 0 Å². The van der Waals surface area contributed by atoms with Crippen LogP contribution in [0.1, 0.15) is 31.7 Å². The van der Waals surface area contributed by atoms with Gasteiger partial charge < -0.3 is 30.0 Å². The number of fused-ring (bicyclic) bond motifs is 1. The van der Waals surface area contributed by atoms with Gasteiger partial charge in [0.05, 0.1) is 31.3 Å². The van der Waals surface area contributed by atoms with Gasteiger partial charge in [-0.05, 0) is 38.2 Å². The van der Waals surface area contributed by atoms with E-state index >= 15 is 0 Å². The molecule has 178 valence electrons. The quantitative estimate of drug-likeness (QED) is 0.227. The average Bonchev–Trinajstić information content (AvgIpc) is 3.39. The number of alkyl halides is 1. The lowest BCUT2D eigenvalue weighted by atomic mass is 10.0. The monoisotopic (exact) mass is 510 g/mol. The van der Waals surface area contributed by atoms with Crippen LogP contribution in [0.3, 0.4) is 0 Å². The van der Waals surface area contributed by atoms with Gasteiger partial charge in [-0.3, -0.25) is 0 Å². The highest BCUT2D eigenvalue weighted by Crippen LogP contribution is 2.32. The number of unbranched alkanes of at least 4 members (excludes halogenated alkanes) is 1. The molecule has 2 aliphatic heterocycles. The Kier molecular flexibility index (Phi) is 10.5. The highest BCUT2D eigenvalue weighted by atomic mass is 79.9. The number of nitrogens with one attached hydrogen (secondary N) is 2. The minimum absolute atomic E-state index is 0.0826. The van der Waals surface area contributed by atoms with Crippen molar-refractivity contribution < 1.29 is 24.1 Å². The van der Waals surface area contributed by atoms with Crippen LogP contribution in [0.15, 0.2) is 42.0 Å². The van der Waals surface area contributed by atoms with Crippen LogP contribution in [0, 0.1) is 5.92 Å². The van der Waals surface area contributed by atoms with E-state index in [0.29, 0.717) is 32.7 Å². The second-order valence-corrected chi connectivity index (χ2v) is 9.28. The molecule has 2 saturated heterocycles. The van der Waals surface area contributed by atoms with E-state index in [-0.39, 0.29) is 18.3 Å². The molecule has 0 radical (unpaired) electrons. The zero-order chi connectivity index (χ0) is 22.8. The summed E-state index contributed by atoms with van der Waals surface area (Å²) in [5, 5.41) is 18.0. The Balaban J connectivity index is 1.52. The van der Waals surface area contributed by atoms with Crippen molar-refractivity contribution in [1.29, 1.82) is 0 Å². The van der Waals surface area contributed by atoms with Gasteiger partial charge in [0.15, 0.2) is 6.29 Å². The van der Waals surface area contributed by atoms with Crippen LogP contribution in [0.5, 0.6) is 0 Å². The molecule has 32 heavy (non-hydrogen) atoms. The number of aliphatic hydroxyl groups excluding tert-OH is 1. The summed E-state index contributed by atoms with van der Waals surface area (Å²) in [7, 11) is 0. The van der Waals surface area contributed by atoms with Gasteiger partial charge in [-0.25, -0.2) is 4.79 Å². The second kappa shape index (κ2) is 13.3. The van der Waals surface area contributed by atoms with E-state index in [2.05, 4.69) is 39.6 Å². The second-order valence-electron chi connectivity index (χ2n) is 8.49. The predicted molar refractivity (Wildman–Crippen MR) is 127 cm³/mol. The van der Waals surface area contributed by atoms with Gasteiger partial charge in [0.1, 0.15) is 6.10 Å². The predicted octanol–water partition coefficient (Wildman–Crippen LogP) is 3.16. The number of hydrogen-bond donors (Lipinski definition) is 3. The molecule has 1 aromatic carbocycles. The Hall–Kier alpha value is -1.45. The first kappa shape index (κ1) is 25.2. The number of ether oxygens (including phenoxy) is 3. The summed E-state index contributed by atoms with van der Waals surface area (Å²) >= 11 is 3.44. The Labute approximate surface area is 199 Å². The zero-order valence-corrected chi connectivity index (χ0v) is 20.3. The van der Waals surface area contributed by atoms with Gasteiger partial charge >= 0.3 is 6.09 Å². The van der Waals surface area contributed by atoms with Gasteiger partial charge in [0.25, 0.3) is 0 Å². The average molecular weight is 511 g/mol. The van der Waals surface area contributed by atoms with E-state index in [1.165, 1.54) is 5.57 Å². The number of halogens is 1. The first-order valence-corrected chi connectivity index (χ1v) is 12.5. The normalized spacial score (nSPS) is 24.7. The van der Waals surface area contributed by atoms with Gasteiger partial charge in [-0.15, -0.1) is 0 Å². The molecule has 7 nitrogen and oxygen atoms in total. The molecule has 2 aliphatic rings. The topological polar surface area (TPSA) is 89.1 Å². The summed E-state index contributed by atoms with van der Waals surface area (Å²) < 4.78 is 16.7. The zero-order valence-electron chi connectivity index (χ0n) is 18.7. The highest BCUT2D eigenvalue weighted by molar-refractivity contribution is 9.09. The van der Waals surface area contributed by atoms with E-state index in [1.54, 1.807) is 0 Å². The number of amides is 1. The third-order valence-corrected chi connectivity index (χ3v) is 6.46. The summed E-state index contributed by atoms with van der Waals surface area (Å²) in [6, 6.07) is 9.35. The van der Waals surface area contributed by atoms with Crippen LogP contribution in [-0.4, -0.2) is 67.4 Å². The lowest BCUT2D eigenvalue weighted by Crippen LogP contribution is -2.50. The molecule has 8 heteroatoms. The molecule has 0 aliphatic carbocycles. The van der Waals surface area contributed by atoms with Crippen molar-refractivity contribution in [3.63, 3.8) is 0 Å². The summed E-state index contributed by atoms with van der Waals surface area (Å²) in [5.74, 6) is 0.0826. The third-order valence-electron chi connectivity index (χ3n) is 5.90. The van der Waals surface area contributed by atoms with Crippen molar-refractivity contribution >= 4 is 22.0 Å². The maximum Gasteiger partial charge on any atom is 0.407 e. The fraction of sp³-hybridized carbons (Fsp3) is 0.625. The summed E-state index contributed by atoms with van der Waals surface area (Å²) in [5.41, 5.74) is 2.27. The van der Waals surface area contributed by atoms with Crippen LogP contribution in [0.4, 0.5) is 4.79 Å². The number of benzene rings is 1. The number of rotatable bonds is 12. The van der Waals surface area contributed by atoms with E-state index in [9.17, 15) is 9.90 Å². The highest BCUT2D eigenvalue weighted by Gasteiger charge is 2.44. The van der Waals surface area contributed by atoms with E-state index < -0.39 is 18.2 Å². The smallest absolute Gasteiger partial charge is 0.407 e. The van der Waals surface area contributed by atoms with Crippen LogP contribution in [-0.2, 0) is 20.6 Å². The van der Waals surface area contributed by atoms with Crippen LogP contribution < -0.4 is 10.6 Å². The molecule has 1 amide bonds. The lowest BCUT2D eigenvalue weighted by molar-refractivity contribution is -0.0907. The van der Waals surface area contributed by atoms with Crippen molar-refractivity contribution in [3.8, 4) is 0 Å². The van der Waals surface area contributed by atoms with Gasteiger partial charge in [0, 0.05) is 18.4 Å². The number of carbonyl (C=O) groups excluding carboxylic acids is 1. The molecular formula is C24H35BrN2O5. The van der Waals surface area contributed by atoms with Crippen molar-refractivity contribution in [2.24, 2.45) is 5.92 Å². The van der Waals surface area contributed by atoms with Crippen LogP contribution >= 0.6 is 15.9 Å². The molecule has 0 spiro atoms. The number of hydrogen-bond acceptors (Lipinski definition) is 6. The molecule has 3 N–H and O–H groups in total. The fourth-order valence-corrected chi connectivity index (χ4v) is 4.40. The molecule has 0 aromatic heterocycles. The molecule has 2 heterocycles. The van der Waals surface area contributed by atoms with E-state index in [4.69, 9.17) is 14.2 Å². The number of alkyl carbamates (subject to hydrolysis) is 1. The van der Waals surface area contributed by atoms with E-state index in [0.717, 1.165) is 30.2 Å². The molecule has 0 saturated carbocycles. The van der Waals surface area contributed by atoms with Gasteiger partial charge in [0.2, 0.25) is 0 Å². The lowest BCUT2D eigenvalue weighted by Gasteiger charge is -2.26. The Morgan fingerprint density at radius 3 is 2.94 bits per heavy atom. The largest absolute Gasteiger partial charge is 0.443 e. The molecule has 5 atom stereocenters. The summed E-state index contributed by atoms with van der Waals surface area (Å²) in [6.07, 6.45) is 3.80. The maximum atomic E-state index is 12.6. The fourth-order valence-electron chi connectivity index (χ4n) is 4.08.